The monoisotopic (exact) mass is 391 g/mol. The molecule has 8 rings (SSSR count). The van der Waals surface area contributed by atoms with Gasteiger partial charge in [-0.2, -0.15) is 0 Å². The van der Waals surface area contributed by atoms with Crippen LogP contribution in [0, 0.1) is 17.8 Å². The third-order valence-electron chi connectivity index (χ3n) is 7.77. The van der Waals surface area contributed by atoms with E-state index in [4.69, 9.17) is 20.4 Å². The molecule has 3 atom stereocenters. The van der Waals surface area contributed by atoms with Crippen molar-refractivity contribution in [3.63, 3.8) is 0 Å². The van der Waals surface area contributed by atoms with E-state index in [9.17, 15) is 0 Å². The van der Waals surface area contributed by atoms with Crippen LogP contribution in [0.4, 0.5) is 11.9 Å². The first kappa shape index (κ1) is 16.5. The predicted octanol–water partition coefficient (Wildman–Crippen LogP) is 1.16. The fourth-order valence-electron chi connectivity index (χ4n) is 5.88. The van der Waals surface area contributed by atoms with E-state index in [0.717, 1.165) is 54.7 Å². The molecule has 2 aromatic rings. The number of ether oxygens (including phenoxy) is 1. The number of nitrogen functional groups attached to an aromatic ring is 1. The molecule has 4 saturated heterocycles. The second-order valence-electron chi connectivity index (χ2n) is 9.45. The lowest BCUT2D eigenvalue weighted by Crippen LogP contribution is -2.48. The quantitative estimate of drug-likeness (QED) is 0.830. The molecule has 0 radical (unpaired) electrons. The third-order valence-corrected chi connectivity index (χ3v) is 7.77. The van der Waals surface area contributed by atoms with Crippen molar-refractivity contribution < 1.29 is 4.74 Å². The highest BCUT2D eigenvalue weighted by Crippen LogP contribution is 2.58. The van der Waals surface area contributed by atoms with Crippen molar-refractivity contribution in [1.82, 2.24) is 24.8 Å². The van der Waals surface area contributed by atoms with Gasteiger partial charge in [0.15, 0.2) is 0 Å². The van der Waals surface area contributed by atoms with Crippen molar-refractivity contribution in [3.8, 4) is 11.3 Å². The largest absolute Gasteiger partial charge is 0.378 e. The van der Waals surface area contributed by atoms with E-state index in [1.165, 1.54) is 31.6 Å². The standard InChI is InChI=1S/C21H25N7O/c22-20-23-4-12(5-24-20)17-3-18(26-21(25-17)28-6-11-1-13(28)2-11)19-15-7-27(8-16(15)19)14-9-29-10-14/h3-5,11,13-16,19H,1-2,6-10H2,(H2,22,23,24)/t11?,13?,15-,16+,19+. The molecule has 29 heavy (non-hydrogen) atoms. The highest BCUT2D eigenvalue weighted by molar-refractivity contribution is 5.61. The lowest BCUT2D eigenvalue weighted by molar-refractivity contribution is -0.0610. The molecule has 2 aromatic heterocycles. The van der Waals surface area contributed by atoms with E-state index in [1.54, 1.807) is 12.4 Å². The van der Waals surface area contributed by atoms with Gasteiger partial charge in [-0.15, -0.1) is 0 Å². The van der Waals surface area contributed by atoms with Crippen LogP contribution in [0.15, 0.2) is 18.5 Å². The van der Waals surface area contributed by atoms with Gasteiger partial charge < -0.3 is 15.4 Å². The van der Waals surface area contributed by atoms with Gasteiger partial charge in [0, 0.05) is 49.6 Å². The molecular formula is C21H25N7O. The Morgan fingerprint density at radius 3 is 2.34 bits per heavy atom. The summed E-state index contributed by atoms with van der Waals surface area (Å²) in [4.78, 5) is 23.4. The number of fused-ring (bicyclic) bond motifs is 2. The number of anilines is 2. The molecule has 2 bridgehead atoms. The Balaban J connectivity index is 1.21. The molecule has 2 saturated carbocycles. The van der Waals surface area contributed by atoms with Crippen LogP contribution in [0.1, 0.15) is 24.5 Å². The maximum Gasteiger partial charge on any atom is 0.226 e. The normalized spacial score (nSPS) is 35.3. The van der Waals surface area contributed by atoms with Crippen LogP contribution >= 0.6 is 0 Å². The average Bonchev–Trinajstić information content (AvgIpc) is 3.06. The molecular weight excluding hydrogens is 366 g/mol. The molecule has 0 spiro atoms. The van der Waals surface area contributed by atoms with Crippen LogP contribution < -0.4 is 10.6 Å². The van der Waals surface area contributed by atoms with Crippen molar-refractivity contribution in [2.45, 2.75) is 30.8 Å². The van der Waals surface area contributed by atoms with E-state index in [-0.39, 0.29) is 0 Å². The topological polar surface area (TPSA) is 93.3 Å². The van der Waals surface area contributed by atoms with E-state index < -0.39 is 0 Å². The summed E-state index contributed by atoms with van der Waals surface area (Å²) in [5, 5.41) is 0. The maximum atomic E-state index is 5.68. The lowest BCUT2D eigenvalue weighted by Gasteiger charge is -2.35. The zero-order valence-corrected chi connectivity index (χ0v) is 16.3. The molecule has 2 N–H and O–H groups in total. The first-order valence-electron chi connectivity index (χ1n) is 10.8. The maximum absolute atomic E-state index is 5.68. The summed E-state index contributed by atoms with van der Waals surface area (Å²) in [6.45, 7) is 5.26. The molecule has 6 heterocycles. The minimum atomic E-state index is 0.292. The van der Waals surface area contributed by atoms with E-state index in [0.29, 0.717) is 23.9 Å². The van der Waals surface area contributed by atoms with Crippen LogP contribution in [0.3, 0.4) is 0 Å². The highest BCUT2D eigenvalue weighted by Gasteiger charge is 2.58. The molecule has 4 aliphatic heterocycles. The van der Waals surface area contributed by atoms with Gasteiger partial charge in [0.2, 0.25) is 11.9 Å². The average molecular weight is 391 g/mol. The second-order valence-corrected chi connectivity index (χ2v) is 9.45. The molecule has 0 aromatic carbocycles. The zero-order valence-electron chi connectivity index (χ0n) is 16.3. The smallest absolute Gasteiger partial charge is 0.226 e. The summed E-state index contributed by atoms with van der Waals surface area (Å²) < 4.78 is 5.38. The van der Waals surface area contributed by atoms with Crippen molar-refractivity contribution in [3.05, 3.63) is 24.2 Å². The first-order chi connectivity index (χ1) is 14.2. The van der Waals surface area contributed by atoms with Crippen molar-refractivity contribution >= 4 is 11.9 Å². The summed E-state index contributed by atoms with van der Waals surface area (Å²) in [5.74, 6) is 4.02. The Kier molecular flexibility index (Phi) is 3.33. The minimum Gasteiger partial charge on any atom is -0.378 e. The van der Waals surface area contributed by atoms with Gasteiger partial charge >= 0.3 is 0 Å². The van der Waals surface area contributed by atoms with Crippen molar-refractivity contribution in [2.75, 3.05) is 43.5 Å². The molecule has 8 nitrogen and oxygen atoms in total. The number of nitrogens with zero attached hydrogens (tertiary/aromatic N) is 6. The molecule has 0 amide bonds. The van der Waals surface area contributed by atoms with Crippen LogP contribution in [-0.2, 0) is 4.74 Å². The molecule has 6 aliphatic rings. The number of rotatable bonds is 4. The van der Waals surface area contributed by atoms with Crippen LogP contribution in [0.25, 0.3) is 11.3 Å². The predicted molar refractivity (Wildman–Crippen MR) is 107 cm³/mol. The molecule has 2 aliphatic carbocycles. The fourth-order valence-corrected chi connectivity index (χ4v) is 5.88. The van der Waals surface area contributed by atoms with Gasteiger partial charge in [0.05, 0.1) is 30.6 Å². The Morgan fingerprint density at radius 2 is 1.72 bits per heavy atom. The van der Waals surface area contributed by atoms with Crippen LogP contribution in [-0.4, -0.2) is 69.8 Å². The summed E-state index contributed by atoms with van der Waals surface area (Å²) in [5.41, 5.74) is 8.72. The summed E-state index contributed by atoms with van der Waals surface area (Å²) >= 11 is 0. The van der Waals surface area contributed by atoms with E-state index in [1.807, 2.05) is 0 Å². The fraction of sp³-hybridized carbons (Fsp3) is 0.619. The van der Waals surface area contributed by atoms with Gasteiger partial charge in [-0.05, 0) is 36.7 Å². The Morgan fingerprint density at radius 1 is 0.966 bits per heavy atom. The molecule has 0 unspecified atom stereocenters. The van der Waals surface area contributed by atoms with Gasteiger partial charge in [0.25, 0.3) is 0 Å². The van der Waals surface area contributed by atoms with Crippen molar-refractivity contribution in [2.24, 2.45) is 17.8 Å². The van der Waals surface area contributed by atoms with Gasteiger partial charge in [-0.3, -0.25) is 4.90 Å². The van der Waals surface area contributed by atoms with E-state index >= 15 is 0 Å². The highest BCUT2D eigenvalue weighted by atomic mass is 16.5. The van der Waals surface area contributed by atoms with Gasteiger partial charge in [-0.25, -0.2) is 19.9 Å². The number of likely N-dealkylation sites (tertiary alicyclic amines) is 1. The Bertz CT molecular complexity index is 944. The second kappa shape index (κ2) is 5.86. The third kappa shape index (κ3) is 2.51. The Labute approximate surface area is 169 Å². The number of piperidine rings is 1. The van der Waals surface area contributed by atoms with Crippen LogP contribution in [0.5, 0.6) is 0 Å². The number of aromatic nitrogens is 4. The van der Waals surface area contributed by atoms with Gasteiger partial charge in [-0.1, -0.05) is 0 Å². The first-order valence-corrected chi connectivity index (χ1v) is 10.8. The zero-order chi connectivity index (χ0) is 19.1. The number of nitrogens with two attached hydrogens (primary N) is 1. The lowest BCUT2D eigenvalue weighted by atomic mass is 9.86. The molecule has 150 valence electrons. The van der Waals surface area contributed by atoms with Crippen molar-refractivity contribution in [1.29, 1.82) is 0 Å². The molecule has 8 heteroatoms. The SMILES string of the molecule is Nc1ncc(-c2cc([C@H]3[C@@H]4CN(C5COC5)C[C@@H]43)nc(N3CC4CC3C4)n2)cn1. The van der Waals surface area contributed by atoms with E-state index in [2.05, 4.69) is 25.8 Å². The number of hydrogen-bond donors (Lipinski definition) is 1. The summed E-state index contributed by atoms with van der Waals surface area (Å²) in [6.07, 6.45) is 6.13. The summed E-state index contributed by atoms with van der Waals surface area (Å²) in [7, 11) is 0. The van der Waals surface area contributed by atoms with Gasteiger partial charge in [0.1, 0.15) is 0 Å². The number of hydrogen-bond acceptors (Lipinski definition) is 8. The minimum absolute atomic E-state index is 0.292. The summed E-state index contributed by atoms with van der Waals surface area (Å²) in [6, 6.07) is 3.43. The molecule has 6 fully saturated rings. The Hall–Kier alpha value is -2.32. The van der Waals surface area contributed by atoms with Crippen LogP contribution in [0.2, 0.25) is 0 Å².